The molecule has 1 heterocycles. The van der Waals surface area contributed by atoms with Crippen molar-refractivity contribution in [1.82, 2.24) is 5.32 Å². The minimum absolute atomic E-state index is 0.380. The van der Waals surface area contributed by atoms with Crippen molar-refractivity contribution in [3.63, 3.8) is 0 Å². The molecule has 1 nitrogen and oxygen atoms in total. The first-order chi connectivity index (χ1) is 8.70. The molecule has 2 rings (SSSR count). The van der Waals surface area contributed by atoms with Crippen molar-refractivity contribution < 1.29 is 0 Å². The number of thiophene rings is 1. The lowest BCUT2D eigenvalue weighted by atomic mass is 10.0. The van der Waals surface area contributed by atoms with Gasteiger partial charge >= 0.3 is 0 Å². The Morgan fingerprint density at radius 2 is 1.94 bits per heavy atom. The van der Waals surface area contributed by atoms with E-state index in [1.807, 2.05) is 0 Å². The van der Waals surface area contributed by atoms with Gasteiger partial charge in [-0.05, 0) is 52.7 Å². The third-order valence-corrected chi connectivity index (χ3v) is 5.28. The molecule has 0 saturated carbocycles. The van der Waals surface area contributed by atoms with E-state index < -0.39 is 0 Å². The van der Waals surface area contributed by atoms with Crippen LogP contribution in [0.5, 0.6) is 0 Å². The van der Waals surface area contributed by atoms with Crippen molar-refractivity contribution in [2.75, 3.05) is 6.54 Å². The second kappa shape index (κ2) is 6.85. The van der Waals surface area contributed by atoms with Gasteiger partial charge in [0, 0.05) is 15.4 Å². The molecular weight excluding hydrogens is 374 g/mol. The third kappa shape index (κ3) is 3.67. The van der Waals surface area contributed by atoms with E-state index in [0.717, 1.165) is 13.0 Å². The predicted molar refractivity (Wildman–Crippen MR) is 86.3 cm³/mol. The van der Waals surface area contributed by atoms with Crippen molar-refractivity contribution in [1.29, 1.82) is 0 Å². The minimum Gasteiger partial charge on any atom is -0.309 e. The van der Waals surface area contributed by atoms with Crippen LogP contribution < -0.4 is 5.32 Å². The zero-order chi connectivity index (χ0) is 13.0. The maximum Gasteiger partial charge on any atom is 0.0701 e. The molecule has 0 aliphatic carbocycles. The average molecular weight is 389 g/mol. The number of halogens is 2. The van der Waals surface area contributed by atoms with Crippen LogP contribution in [0.2, 0.25) is 0 Å². The molecular formula is C14H15Br2NS. The molecule has 0 saturated heterocycles. The molecule has 0 amide bonds. The molecule has 0 aliphatic heterocycles. The van der Waals surface area contributed by atoms with Crippen LogP contribution in [0.15, 0.2) is 44.7 Å². The summed E-state index contributed by atoms with van der Waals surface area (Å²) in [5.74, 6) is 0. The summed E-state index contributed by atoms with van der Waals surface area (Å²) in [7, 11) is 0. The van der Waals surface area contributed by atoms with Crippen molar-refractivity contribution in [3.8, 4) is 0 Å². The lowest BCUT2D eigenvalue weighted by Gasteiger charge is -2.17. The Bertz CT molecular complexity index is 510. The van der Waals surface area contributed by atoms with Gasteiger partial charge in [0.1, 0.15) is 0 Å². The number of benzene rings is 1. The zero-order valence-electron chi connectivity index (χ0n) is 10.1. The maximum atomic E-state index is 3.62. The van der Waals surface area contributed by atoms with Gasteiger partial charge in [-0.25, -0.2) is 0 Å². The first-order valence-electron chi connectivity index (χ1n) is 5.92. The summed E-state index contributed by atoms with van der Waals surface area (Å²) in [5.41, 5.74) is 1.34. The van der Waals surface area contributed by atoms with Gasteiger partial charge in [0.2, 0.25) is 0 Å². The Kier molecular flexibility index (Phi) is 5.42. The number of likely N-dealkylation sites (N-methyl/N-ethyl adjacent to an activating group) is 1. The summed E-state index contributed by atoms with van der Waals surface area (Å²) in [6.45, 7) is 3.13. The second-order valence-electron chi connectivity index (χ2n) is 4.05. The molecule has 1 N–H and O–H groups in total. The van der Waals surface area contributed by atoms with Gasteiger partial charge in [-0.2, -0.15) is 0 Å². The number of hydrogen-bond acceptors (Lipinski definition) is 2. The van der Waals surface area contributed by atoms with E-state index in [2.05, 4.69) is 80.5 Å². The normalized spacial score (nSPS) is 12.6. The fraction of sp³-hybridized carbons (Fsp3) is 0.286. The van der Waals surface area contributed by atoms with E-state index in [0.29, 0.717) is 6.04 Å². The highest BCUT2D eigenvalue weighted by molar-refractivity contribution is 9.11. The van der Waals surface area contributed by atoms with Crippen LogP contribution in [0, 0.1) is 0 Å². The number of nitrogens with one attached hydrogen (secondary N) is 1. The molecule has 0 bridgehead atoms. The van der Waals surface area contributed by atoms with E-state index in [-0.39, 0.29) is 0 Å². The van der Waals surface area contributed by atoms with Gasteiger partial charge in [-0.1, -0.05) is 41.1 Å². The number of hydrogen-bond donors (Lipinski definition) is 1. The summed E-state index contributed by atoms with van der Waals surface area (Å²) >= 11 is 8.95. The fourth-order valence-electron chi connectivity index (χ4n) is 1.92. The van der Waals surface area contributed by atoms with Crippen molar-refractivity contribution in [2.45, 2.75) is 19.4 Å². The van der Waals surface area contributed by atoms with Gasteiger partial charge in [0.05, 0.1) is 3.79 Å². The molecule has 0 radical (unpaired) electrons. The minimum atomic E-state index is 0.380. The fourth-order valence-corrected chi connectivity index (χ4v) is 3.86. The average Bonchev–Trinajstić information content (AvgIpc) is 2.78. The van der Waals surface area contributed by atoms with Crippen LogP contribution in [-0.4, -0.2) is 6.54 Å². The Morgan fingerprint density at radius 1 is 1.17 bits per heavy atom. The summed E-state index contributed by atoms with van der Waals surface area (Å²) in [6, 6.07) is 13.1. The largest absolute Gasteiger partial charge is 0.309 e. The van der Waals surface area contributed by atoms with Gasteiger partial charge in [-0.15, -0.1) is 11.3 Å². The predicted octanol–water partition coefficient (Wildman–Crippen LogP) is 5.17. The molecule has 1 atom stereocenters. The molecule has 96 valence electrons. The standard InChI is InChI=1S/C14H15Br2NS/c1-2-17-12(13-7-8-14(16)18-13)9-10-5-3-4-6-11(10)15/h3-8,12,17H,2,9H2,1H3. The Hall–Kier alpha value is -0.160. The van der Waals surface area contributed by atoms with Gasteiger partial charge in [-0.3, -0.25) is 0 Å². The molecule has 18 heavy (non-hydrogen) atoms. The quantitative estimate of drug-likeness (QED) is 0.745. The summed E-state index contributed by atoms with van der Waals surface area (Å²) in [4.78, 5) is 1.37. The molecule has 1 aromatic carbocycles. The van der Waals surface area contributed by atoms with E-state index in [1.165, 1.54) is 18.7 Å². The first-order valence-corrected chi connectivity index (χ1v) is 8.33. The highest BCUT2D eigenvalue weighted by atomic mass is 79.9. The molecule has 0 spiro atoms. The van der Waals surface area contributed by atoms with Crippen molar-refractivity contribution >= 4 is 43.2 Å². The second-order valence-corrected chi connectivity index (χ2v) is 7.40. The van der Waals surface area contributed by atoms with E-state index in [4.69, 9.17) is 0 Å². The van der Waals surface area contributed by atoms with Crippen molar-refractivity contribution in [2.24, 2.45) is 0 Å². The molecule has 0 aliphatic rings. The zero-order valence-corrected chi connectivity index (χ0v) is 14.1. The van der Waals surface area contributed by atoms with Crippen LogP contribution in [0.4, 0.5) is 0 Å². The molecule has 0 fully saturated rings. The lowest BCUT2D eigenvalue weighted by molar-refractivity contribution is 0.557. The maximum absolute atomic E-state index is 3.62. The molecule has 2 aromatic rings. The van der Waals surface area contributed by atoms with Crippen LogP contribution >= 0.6 is 43.2 Å². The monoisotopic (exact) mass is 387 g/mol. The topological polar surface area (TPSA) is 12.0 Å². The van der Waals surface area contributed by atoms with Gasteiger partial charge < -0.3 is 5.32 Å². The molecule has 1 unspecified atom stereocenters. The highest BCUT2D eigenvalue weighted by Gasteiger charge is 2.14. The van der Waals surface area contributed by atoms with Crippen LogP contribution in [0.25, 0.3) is 0 Å². The van der Waals surface area contributed by atoms with Crippen LogP contribution in [0.3, 0.4) is 0 Å². The first kappa shape index (κ1) is 14.3. The highest BCUT2D eigenvalue weighted by Crippen LogP contribution is 2.30. The Labute approximate surface area is 129 Å². The summed E-state index contributed by atoms with van der Waals surface area (Å²) in [5, 5.41) is 3.56. The SMILES string of the molecule is CCNC(Cc1ccccc1Br)c1ccc(Br)s1. The van der Waals surface area contributed by atoms with Crippen molar-refractivity contribution in [3.05, 3.63) is 55.1 Å². The summed E-state index contributed by atoms with van der Waals surface area (Å²) < 4.78 is 2.37. The van der Waals surface area contributed by atoms with E-state index >= 15 is 0 Å². The molecule has 1 aromatic heterocycles. The third-order valence-electron chi connectivity index (χ3n) is 2.77. The van der Waals surface area contributed by atoms with Crippen LogP contribution in [-0.2, 0) is 6.42 Å². The summed E-state index contributed by atoms with van der Waals surface area (Å²) in [6.07, 6.45) is 1.00. The smallest absolute Gasteiger partial charge is 0.0701 e. The van der Waals surface area contributed by atoms with Crippen LogP contribution in [0.1, 0.15) is 23.4 Å². The Balaban J connectivity index is 2.19. The lowest BCUT2D eigenvalue weighted by Crippen LogP contribution is -2.22. The van der Waals surface area contributed by atoms with Gasteiger partial charge in [0.25, 0.3) is 0 Å². The van der Waals surface area contributed by atoms with Gasteiger partial charge in [0.15, 0.2) is 0 Å². The van der Waals surface area contributed by atoms with E-state index in [9.17, 15) is 0 Å². The van der Waals surface area contributed by atoms with E-state index in [1.54, 1.807) is 11.3 Å². The molecule has 4 heteroatoms. The number of rotatable bonds is 5. The Morgan fingerprint density at radius 3 is 2.56 bits per heavy atom.